The number of rotatable bonds is 5. The van der Waals surface area contributed by atoms with Crippen LogP contribution in [-0.2, 0) is 11.2 Å². The van der Waals surface area contributed by atoms with Gasteiger partial charge in [-0.05, 0) is 42.0 Å². The van der Waals surface area contributed by atoms with Crippen LogP contribution in [0.15, 0.2) is 77.4 Å². The molecular weight excluding hydrogens is 382 g/mol. The number of nitrogens with one attached hydrogen (secondary N) is 2. The minimum absolute atomic E-state index is 0.103. The Labute approximate surface area is 172 Å². The van der Waals surface area contributed by atoms with Crippen molar-refractivity contribution in [2.75, 3.05) is 7.11 Å². The van der Waals surface area contributed by atoms with E-state index in [4.69, 9.17) is 9.15 Å². The van der Waals surface area contributed by atoms with E-state index in [0.717, 1.165) is 5.56 Å². The lowest BCUT2D eigenvalue weighted by Gasteiger charge is -2.11. The summed E-state index contributed by atoms with van der Waals surface area (Å²) in [6.45, 7) is 0. The Morgan fingerprint density at radius 2 is 1.87 bits per heavy atom. The van der Waals surface area contributed by atoms with Gasteiger partial charge in [-0.25, -0.2) is 4.98 Å². The van der Waals surface area contributed by atoms with Gasteiger partial charge in [0, 0.05) is 5.39 Å². The summed E-state index contributed by atoms with van der Waals surface area (Å²) >= 11 is 0. The average Bonchev–Trinajstić information content (AvgIpc) is 3.32. The highest BCUT2D eigenvalue weighted by Crippen LogP contribution is 2.25. The van der Waals surface area contributed by atoms with E-state index in [-0.39, 0.29) is 12.3 Å². The molecule has 2 N–H and O–H groups in total. The van der Waals surface area contributed by atoms with Gasteiger partial charge in [-0.1, -0.05) is 30.3 Å². The summed E-state index contributed by atoms with van der Waals surface area (Å²) in [4.78, 5) is 29.7. The fraction of sp³-hybridized carbons (Fsp3) is 0.0870. The molecule has 4 aromatic rings. The molecule has 150 valence electrons. The maximum absolute atomic E-state index is 12.8. The molecule has 7 nitrogen and oxygen atoms in total. The topological polar surface area (TPSA) is 93.5 Å². The first-order valence-corrected chi connectivity index (χ1v) is 9.30. The van der Waals surface area contributed by atoms with Crippen molar-refractivity contribution in [1.82, 2.24) is 15.8 Å². The van der Waals surface area contributed by atoms with Crippen LogP contribution in [0.5, 0.6) is 5.75 Å². The lowest BCUT2D eigenvalue weighted by molar-refractivity contribution is -0.121. The van der Waals surface area contributed by atoms with Crippen molar-refractivity contribution in [3.63, 3.8) is 0 Å². The normalized spacial score (nSPS) is 10.6. The van der Waals surface area contributed by atoms with Gasteiger partial charge in [-0.2, -0.15) is 0 Å². The number of carbonyl (C=O) groups is 2. The second-order valence-electron chi connectivity index (χ2n) is 6.58. The highest BCUT2D eigenvalue weighted by Gasteiger charge is 2.15. The number of furan rings is 1. The maximum Gasteiger partial charge on any atom is 0.270 e. The van der Waals surface area contributed by atoms with Crippen molar-refractivity contribution >= 4 is 22.7 Å². The molecule has 7 heteroatoms. The zero-order valence-corrected chi connectivity index (χ0v) is 16.2. The largest absolute Gasteiger partial charge is 0.497 e. The van der Waals surface area contributed by atoms with Crippen molar-refractivity contribution in [1.29, 1.82) is 0 Å². The minimum atomic E-state index is -0.444. The lowest BCUT2D eigenvalue weighted by atomic mass is 10.1. The van der Waals surface area contributed by atoms with E-state index in [2.05, 4.69) is 15.8 Å². The molecule has 2 aromatic heterocycles. The first kappa shape index (κ1) is 19.2. The third-order valence-electron chi connectivity index (χ3n) is 4.55. The van der Waals surface area contributed by atoms with Crippen LogP contribution in [0.1, 0.15) is 15.9 Å². The molecule has 0 radical (unpaired) electrons. The van der Waals surface area contributed by atoms with Gasteiger partial charge in [-0.3, -0.25) is 20.4 Å². The van der Waals surface area contributed by atoms with Gasteiger partial charge in [0.15, 0.2) is 5.76 Å². The summed E-state index contributed by atoms with van der Waals surface area (Å²) in [5, 5.41) is 0.673. The van der Waals surface area contributed by atoms with E-state index in [1.54, 1.807) is 55.8 Å². The first-order chi connectivity index (χ1) is 14.6. The quantitative estimate of drug-likeness (QED) is 0.499. The van der Waals surface area contributed by atoms with E-state index in [1.807, 2.05) is 24.3 Å². The highest BCUT2D eigenvalue weighted by molar-refractivity contribution is 6.07. The fourth-order valence-corrected chi connectivity index (χ4v) is 3.12. The summed E-state index contributed by atoms with van der Waals surface area (Å²) in [6, 6.07) is 19.7. The Morgan fingerprint density at radius 1 is 1.00 bits per heavy atom. The number of ether oxygens (including phenoxy) is 1. The molecule has 0 unspecified atom stereocenters. The molecular formula is C23H19N3O4. The molecule has 0 saturated carbocycles. The molecule has 0 aliphatic rings. The van der Waals surface area contributed by atoms with Crippen LogP contribution in [0.3, 0.4) is 0 Å². The van der Waals surface area contributed by atoms with Crippen LogP contribution in [0.25, 0.3) is 22.4 Å². The standard InChI is InChI=1S/C23H19N3O4/c1-29-16-7-4-6-15(12-16)13-22(27)25-26-23(28)18-14-20(21-10-5-11-30-21)24-19-9-3-2-8-17(18)19/h2-12,14H,13H2,1H3,(H,25,27)(H,26,28). The zero-order valence-electron chi connectivity index (χ0n) is 16.2. The predicted molar refractivity (Wildman–Crippen MR) is 112 cm³/mol. The maximum atomic E-state index is 12.8. The summed E-state index contributed by atoms with van der Waals surface area (Å²) in [7, 11) is 1.56. The van der Waals surface area contributed by atoms with E-state index < -0.39 is 5.91 Å². The molecule has 0 spiro atoms. The second kappa shape index (κ2) is 8.48. The van der Waals surface area contributed by atoms with Gasteiger partial charge in [0.25, 0.3) is 5.91 Å². The fourth-order valence-electron chi connectivity index (χ4n) is 3.12. The smallest absolute Gasteiger partial charge is 0.270 e. The van der Waals surface area contributed by atoms with Crippen LogP contribution < -0.4 is 15.6 Å². The molecule has 4 rings (SSSR count). The van der Waals surface area contributed by atoms with Gasteiger partial charge in [0.05, 0.1) is 30.9 Å². The summed E-state index contributed by atoms with van der Waals surface area (Å²) in [5.41, 5.74) is 7.29. The first-order valence-electron chi connectivity index (χ1n) is 9.30. The molecule has 0 fully saturated rings. The molecule has 2 heterocycles. The monoisotopic (exact) mass is 401 g/mol. The number of hydrazine groups is 1. The molecule has 0 bridgehead atoms. The van der Waals surface area contributed by atoms with Crippen molar-refractivity contribution in [3.8, 4) is 17.2 Å². The molecule has 0 aliphatic carbocycles. The molecule has 30 heavy (non-hydrogen) atoms. The number of aromatic nitrogens is 1. The van der Waals surface area contributed by atoms with Crippen LogP contribution in [0, 0.1) is 0 Å². The van der Waals surface area contributed by atoms with Gasteiger partial charge in [-0.15, -0.1) is 0 Å². The van der Waals surface area contributed by atoms with Gasteiger partial charge in [0.2, 0.25) is 5.91 Å². The Balaban J connectivity index is 1.52. The number of benzene rings is 2. The Morgan fingerprint density at radius 3 is 2.67 bits per heavy atom. The van der Waals surface area contributed by atoms with Gasteiger partial charge in [0.1, 0.15) is 11.4 Å². The number of hydrogen-bond donors (Lipinski definition) is 2. The Kier molecular flexibility index (Phi) is 5.43. The van der Waals surface area contributed by atoms with Crippen LogP contribution in [0.2, 0.25) is 0 Å². The van der Waals surface area contributed by atoms with Crippen molar-refractivity contribution < 1.29 is 18.7 Å². The number of nitrogens with zero attached hydrogens (tertiary/aromatic N) is 1. The van der Waals surface area contributed by atoms with Gasteiger partial charge >= 0.3 is 0 Å². The summed E-state index contributed by atoms with van der Waals surface area (Å²) in [6.07, 6.45) is 1.65. The van der Waals surface area contributed by atoms with E-state index >= 15 is 0 Å². The molecule has 2 amide bonds. The lowest BCUT2D eigenvalue weighted by Crippen LogP contribution is -2.42. The number of amides is 2. The molecule has 2 aromatic carbocycles. The van der Waals surface area contributed by atoms with Crippen LogP contribution in [-0.4, -0.2) is 23.9 Å². The Bertz CT molecular complexity index is 1200. The summed E-state index contributed by atoms with van der Waals surface area (Å²) < 4.78 is 10.6. The molecule has 0 atom stereocenters. The zero-order chi connectivity index (χ0) is 20.9. The van der Waals surface area contributed by atoms with E-state index in [1.165, 1.54) is 0 Å². The third kappa shape index (κ3) is 4.15. The molecule has 0 saturated heterocycles. The van der Waals surface area contributed by atoms with Gasteiger partial charge < -0.3 is 9.15 Å². The van der Waals surface area contributed by atoms with Crippen molar-refractivity contribution in [2.45, 2.75) is 6.42 Å². The second-order valence-corrected chi connectivity index (χ2v) is 6.58. The number of hydrogen-bond acceptors (Lipinski definition) is 5. The number of fused-ring (bicyclic) bond motifs is 1. The highest BCUT2D eigenvalue weighted by atomic mass is 16.5. The van der Waals surface area contributed by atoms with E-state index in [0.29, 0.717) is 33.7 Å². The van der Waals surface area contributed by atoms with Crippen LogP contribution in [0.4, 0.5) is 0 Å². The number of para-hydroxylation sites is 1. The van der Waals surface area contributed by atoms with Crippen LogP contribution >= 0.6 is 0 Å². The van der Waals surface area contributed by atoms with E-state index in [9.17, 15) is 9.59 Å². The third-order valence-corrected chi connectivity index (χ3v) is 4.55. The minimum Gasteiger partial charge on any atom is -0.497 e. The summed E-state index contributed by atoms with van der Waals surface area (Å²) in [5.74, 6) is 0.427. The molecule has 0 aliphatic heterocycles. The number of methoxy groups -OCH3 is 1. The average molecular weight is 401 g/mol. The SMILES string of the molecule is COc1cccc(CC(=O)NNC(=O)c2cc(-c3ccco3)nc3ccccc23)c1. The van der Waals surface area contributed by atoms with Crippen molar-refractivity contribution in [2.24, 2.45) is 0 Å². The number of pyridine rings is 1. The van der Waals surface area contributed by atoms with Crippen molar-refractivity contribution in [3.05, 3.63) is 84.1 Å². The predicted octanol–water partition coefficient (Wildman–Crippen LogP) is 3.51. The Hall–Kier alpha value is -4.13. The number of carbonyl (C=O) groups excluding carboxylic acids is 2.